The molecule has 3 rings (SSSR count). The third-order valence-corrected chi connectivity index (χ3v) is 5.65. The molecule has 1 aliphatic heterocycles. The fourth-order valence-electron chi connectivity index (χ4n) is 2.40. The van der Waals surface area contributed by atoms with Crippen molar-refractivity contribution in [3.63, 3.8) is 0 Å². The summed E-state index contributed by atoms with van der Waals surface area (Å²) < 4.78 is 0. The number of amides is 2. The van der Waals surface area contributed by atoms with E-state index in [4.69, 9.17) is 0 Å². The Morgan fingerprint density at radius 1 is 1.19 bits per heavy atom. The first-order valence-corrected chi connectivity index (χ1v) is 10.0. The summed E-state index contributed by atoms with van der Waals surface area (Å²) in [7, 11) is 0. The van der Waals surface area contributed by atoms with Gasteiger partial charge in [0.25, 0.3) is 5.56 Å². The molecule has 0 saturated heterocycles. The van der Waals surface area contributed by atoms with E-state index in [2.05, 4.69) is 20.6 Å². The van der Waals surface area contributed by atoms with Crippen LogP contribution < -0.4 is 16.2 Å². The second-order valence-corrected chi connectivity index (χ2v) is 8.11. The van der Waals surface area contributed by atoms with Gasteiger partial charge in [0.05, 0.1) is 10.9 Å². The minimum Gasteiger partial charge on any atom is -0.326 e. The van der Waals surface area contributed by atoms with E-state index in [1.54, 1.807) is 43.0 Å². The van der Waals surface area contributed by atoms with Crippen LogP contribution in [0, 0.1) is 0 Å². The van der Waals surface area contributed by atoms with Crippen LogP contribution in [-0.4, -0.2) is 27.0 Å². The second-order valence-electron chi connectivity index (χ2n) is 5.80. The predicted octanol–water partition coefficient (Wildman–Crippen LogP) is 2.59. The first kappa shape index (κ1) is 18.5. The zero-order valence-corrected chi connectivity index (χ0v) is 15.9. The van der Waals surface area contributed by atoms with E-state index in [1.807, 2.05) is 0 Å². The number of thioether (sulfide) groups is 2. The zero-order valence-electron chi connectivity index (χ0n) is 14.3. The topological polar surface area (TPSA) is 104 Å². The van der Waals surface area contributed by atoms with Crippen molar-refractivity contribution in [3.05, 3.63) is 45.9 Å². The van der Waals surface area contributed by atoms with Gasteiger partial charge in [-0.2, -0.15) is 11.8 Å². The van der Waals surface area contributed by atoms with Crippen molar-refractivity contribution in [3.8, 4) is 0 Å². The lowest BCUT2D eigenvalue weighted by molar-refractivity contribution is -0.115. The first-order valence-electron chi connectivity index (χ1n) is 7.97. The predicted molar refractivity (Wildman–Crippen MR) is 105 cm³/mol. The fourth-order valence-corrected chi connectivity index (χ4v) is 4.25. The summed E-state index contributed by atoms with van der Waals surface area (Å²) in [5.41, 5.74) is 2.71. The molecule has 0 radical (unpaired) electrons. The van der Waals surface area contributed by atoms with Gasteiger partial charge in [-0.15, -0.1) is 0 Å². The Kier molecular flexibility index (Phi) is 5.67. The molecule has 0 aliphatic carbocycles. The molecule has 136 valence electrons. The standard InChI is InChI=1S/C17H18N4O3S2/c1-9(26-17-20-14-8-25-7-13(14)16(24)21-17)15(23)19-12-5-3-11(4-6-12)18-10(2)22/h3-6,9H,7-8H2,1-2H3,(H,18,22)(H,19,23)(H,20,21,24). The average Bonchev–Trinajstić information content (AvgIpc) is 3.05. The third kappa shape index (κ3) is 4.47. The van der Waals surface area contributed by atoms with Gasteiger partial charge in [-0.05, 0) is 31.2 Å². The van der Waals surface area contributed by atoms with Crippen molar-refractivity contribution in [2.45, 2.75) is 35.8 Å². The summed E-state index contributed by atoms with van der Waals surface area (Å²) in [6.45, 7) is 3.19. The lowest BCUT2D eigenvalue weighted by Crippen LogP contribution is -2.23. The van der Waals surface area contributed by atoms with Crippen molar-refractivity contribution in [2.75, 3.05) is 10.6 Å². The van der Waals surface area contributed by atoms with Crippen molar-refractivity contribution < 1.29 is 9.59 Å². The van der Waals surface area contributed by atoms with Gasteiger partial charge in [-0.3, -0.25) is 14.4 Å². The lowest BCUT2D eigenvalue weighted by atomic mass is 10.2. The highest BCUT2D eigenvalue weighted by atomic mass is 32.2. The minimum atomic E-state index is -0.430. The SMILES string of the molecule is CC(=O)Nc1ccc(NC(=O)C(C)Sc2nc3c(c(=O)[nH]2)CSC3)cc1. The van der Waals surface area contributed by atoms with Gasteiger partial charge >= 0.3 is 0 Å². The van der Waals surface area contributed by atoms with Crippen LogP contribution in [0.1, 0.15) is 25.1 Å². The van der Waals surface area contributed by atoms with Crippen molar-refractivity contribution in [2.24, 2.45) is 0 Å². The van der Waals surface area contributed by atoms with Crippen LogP contribution in [0.2, 0.25) is 0 Å². The quantitative estimate of drug-likeness (QED) is 0.535. The smallest absolute Gasteiger partial charge is 0.255 e. The molecule has 7 nitrogen and oxygen atoms in total. The fraction of sp³-hybridized carbons (Fsp3) is 0.294. The number of nitrogens with zero attached hydrogens (tertiary/aromatic N) is 1. The van der Waals surface area contributed by atoms with Crippen molar-refractivity contribution in [1.29, 1.82) is 0 Å². The number of aromatic amines is 1. The van der Waals surface area contributed by atoms with Crippen LogP contribution in [0.5, 0.6) is 0 Å². The second kappa shape index (κ2) is 7.96. The van der Waals surface area contributed by atoms with Gasteiger partial charge in [-0.1, -0.05) is 11.8 Å². The number of hydrogen-bond donors (Lipinski definition) is 3. The number of hydrogen-bond acceptors (Lipinski definition) is 6. The van der Waals surface area contributed by atoms with Crippen LogP contribution in [0.25, 0.3) is 0 Å². The molecule has 0 spiro atoms. The van der Waals surface area contributed by atoms with Gasteiger partial charge in [0.15, 0.2) is 5.16 Å². The Hall–Kier alpha value is -2.26. The number of nitrogens with one attached hydrogen (secondary N) is 3. The van der Waals surface area contributed by atoms with Crippen LogP contribution in [0.15, 0.2) is 34.2 Å². The average molecular weight is 390 g/mol. The maximum atomic E-state index is 12.4. The summed E-state index contributed by atoms with van der Waals surface area (Å²) in [6.07, 6.45) is 0. The molecule has 1 aromatic heterocycles. The van der Waals surface area contributed by atoms with Gasteiger partial charge < -0.3 is 15.6 Å². The van der Waals surface area contributed by atoms with Crippen LogP contribution in [0.3, 0.4) is 0 Å². The molecule has 1 aliphatic rings. The molecule has 0 fully saturated rings. The highest BCUT2D eigenvalue weighted by molar-refractivity contribution is 8.00. The maximum absolute atomic E-state index is 12.4. The van der Waals surface area contributed by atoms with Crippen LogP contribution in [0.4, 0.5) is 11.4 Å². The molecule has 0 saturated carbocycles. The molecule has 1 aromatic carbocycles. The third-order valence-electron chi connectivity index (χ3n) is 3.70. The van der Waals surface area contributed by atoms with Crippen molar-refractivity contribution >= 4 is 46.7 Å². The van der Waals surface area contributed by atoms with Crippen molar-refractivity contribution in [1.82, 2.24) is 9.97 Å². The maximum Gasteiger partial charge on any atom is 0.255 e. The number of aromatic nitrogens is 2. The van der Waals surface area contributed by atoms with E-state index in [-0.39, 0.29) is 17.4 Å². The highest BCUT2D eigenvalue weighted by Gasteiger charge is 2.21. The molecule has 2 aromatic rings. The summed E-state index contributed by atoms with van der Waals surface area (Å²) in [6, 6.07) is 6.86. The van der Waals surface area contributed by atoms with E-state index in [1.165, 1.54) is 18.7 Å². The van der Waals surface area contributed by atoms with E-state index in [9.17, 15) is 14.4 Å². The first-order chi connectivity index (χ1) is 12.4. The normalized spacial score (nSPS) is 13.8. The molecule has 2 amide bonds. The number of carbonyl (C=O) groups is 2. The molecule has 3 N–H and O–H groups in total. The summed E-state index contributed by atoms with van der Waals surface area (Å²) in [5, 5.41) is 5.51. The minimum absolute atomic E-state index is 0.122. The molecular formula is C17H18N4O3S2. The summed E-state index contributed by atoms with van der Waals surface area (Å²) in [4.78, 5) is 42.6. The number of benzene rings is 1. The molecule has 1 unspecified atom stereocenters. The van der Waals surface area contributed by atoms with E-state index < -0.39 is 5.25 Å². The monoisotopic (exact) mass is 390 g/mol. The van der Waals surface area contributed by atoms with Crippen LogP contribution in [-0.2, 0) is 21.1 Å². The molecule has 0 bridgehead atoms. The van der Waals surface area contributed by atoms with E-state index in [0.717, 1.165) is 17.0 Å². The number of rotatable bonds is 5. The molecule has 1 atom stereocenters. The Morgan fingerprint density at radius 3 is 2.50 bits per heavy atom. The van der Waals surface area contributed by atoms with E-state index in [0.29, 0.717) is 22.3 Å². The Morgan fingerprint density at radius 2 is 1.85 bits per heavy atom. The summed E-state index contributed by atoms with van der Waals surface area (Å²) in [5.74, 6) is 1.07. The largest absolute Gasteiger partial charge is 0.326 e. The van der Waals surface area contributed by atoms with Crippen LogP contribution >= 0.6 is 23.5 Å². The number of carbonyl (C=O) groups excluding carboxylic acids is 2. The Bertz CT molecular complexity index is 896. The Labute approximate surface area is 158 Å². The number of anilines is 2. The Balaban J connectivity index is 1.62. The zero-order chi connectivity index (χ0) is 18.7. The van der Waals surface area contributed by atoms with Gasteiger partial charge in [0, 0.05) is 35.4 Å². The highest BCUT2D eigenvalue weighted by Crippen LogP contribution is 2.28. The molecule has 9 heteroatoms. The van der Waals surface area contributed by atoms with E-state index >= 15 is 0 Å². The van der Waals surface area contributed by atoms with Gasteiger partial charge in [0.2, 0.25) is 11.8 Å². The molecule has 26 heavy (non-hydrogen) atoms. The number of H-pyrrole nitrogens is 1. The summed E-state index contributed by atoms with van der Waals surface area (Å²) >= 11 is 2.88. The lowest BCUT2D eigenvalue weighted by Gasteiger charge is -2.12. The molecule has 2 heterocycles. The number of fused-ring (bicyclic) bond motifs is 1. The molecular weight excluding hydrogens is 372 g/mol. The van der Waals surface area contributed by atoms with Gasteiger partial charge in [-0.25, -0.2) is 4.98 Å². The van der Waals surface area contributed by atoms with Gasteiger partial charge in [0.1, 0.15) is 0 Å².